The van der Waals surface area contributed by atoms with Crippen molar-refractivity contribution in [3.05, 3.63) is 29.3 Å². The first-order chi connectivity index (χ1) is 8.19. The maximum Gasteiger partial charge on any atom is 0.339 e. The fraction of sp³-hybridized carbons (Fsp3) is 0.462. The Morgan fingerprint density at radius 1 is 1.29 bits per heavy atom. The molecule has 2 N–H and O–H groups in total. The van der Waals surface area contributed by atoms with Gasteiger partial charge < -0.3 is 9.99 Å². The van der Waals surface area contributed by atoms with Gasteiger partial charge in [0.15, 0.2) is 5.75 Å². The molecule has 0 atom stereocenters. The van der Waals surface area contributed by atoms with Crippen LogP contribution >= 0.6 is 0 Å². The standard InChI is InChI=1S/C13H18O4/c1-2-3-4-5-6-10-7-8-11(13(14)15)12(9-10)17-16/h7-9,16H,2-6H2,1H3,(H,14,15). The molecule has 0 aliphatic carbocycles. The molecule has 0 radical (unpaired) electrons. The smallest absolute Gasteiger partial charge is 0.339 e. The van der Waals surface area contributed by atoms with Crippen LogP contribution in [-0.4, -0.2) is 16.3 Å². The molecule has 0 heterocycles. The number of unbranched alkanes of at least 4 members (excludes halogenated alkanes) is 3. The first kappa shape index (κ1) is 13.5. The van der Waals surface area contributed by atoms with Crippen LogP contribution in [0.15, 0.2) is 18.2 Å². The summed E-state index contributed by atoms with van der Waals surface area (Å²) in [6, 6.07) is 4.80. The Kier molecular flexibility index (Phi) is 5.49. The van der Waals surface area contributed by atoms with E-state index in [1.807, 2.05) is 0 Å². The summed E-state index contributed by atoms with van der Waals surface area (Å²) in [4.78, 5) is 14.9. The first-order valence-electron chi connectivity index (χ1n) is 5.86. The molecule has 0 saturated heterocycles. The maximum absolute atomic E-state index is 10.8. The number of hydrogen-bond donors (Lipinski definition) is 2. The van der Waals surface area contributed by atoms with Crippen molar-refractivity contribution in [1.29, 1.82) is 0 Å². The molecule has 4 nitrogen and oxygen atoms in total. The number of aromatic carboxylic acids is 1. The Bertz CT molecular complexity index is 374. The molecule has 1 rings (SSSR count). The molecule has 0 amide bonds. The molecule has 17 heavy (non-hydrogen) atoms. The van der Waals surface area contributed by atoms with Gasteiger partial charge in [-0.2, -0.15) is 0 Å². The van der Waals surface area contributed by atoms with Crippen LogP contribution in [0.1, 0.15) is 48.5 Å². The second kappa shape index (κ2) is 6.91. The van der Waals surface area contributed by atoms with Gasteiger partial charge in [-0.1, -0.05) is 32.3 Å². The van der Waals surface area contributed by atoms with Gasteiger partial charge in [0.25, 0.3) is 0 Å². The molecular weight excluding hydrogens is 220 g/mol. The summed E-state index contributed by atoms with van der Waals surface area (Å²) in [7, 11) is 0. The summed E-state index contributed by atoms with van der Waals surface area (Å²) in [6.07, 6.45) is 5.48. The number of carboxylic acids is 1. The van der Waals surface area contributed by atoms with Crippen molar-refractivity contribution in [2.24, 2.45) is 0 Å². The predicted molar refractivity (Wildman–Crippen MR) is 64.5 cm³/mol. The predicted octanol–water partition coefficient (Wildman–Crippen LogP) is 3.36. The summed E-state index contributed by atoms with van der Waals surface area (Å²) < 4.78 is 0. The van der Waals surface area contributed by atoms with Gasteiger partial charge in [0, 0.05) is 0 Å². The van der Waals surface area contributed by atoms with E-state index in [0.29, 0.717) is 0 Å². The highest BCUT2D eigenvalue weighted by Gasteiger charge is 2.12. The van der Waals surface area contributed by atoms with Crippen molar-refractivity contribution in [1.82, 2.24) is 0 Å². The molecule has 1 aromatic carbocycles. The minimum atomic E-state index is -1.11. The second-order valence-electron chi connectivity index (χ2n) is 4.04. The third-order valence-electron chi connectivity index (χ3n) is 2.69. The second-order valence-corrected chi connectivity index (χ2v) is 4.04. The van der Waals surface area contributed by atoms with Gasteiger partial charge in [0.05, 0.1) is 0 Å². The van der Waals surface area contributed by atoms with Crippen molar-refractivity contribution < 1.29 is 20.0 Å². The molecule has 0 saturated carbocycles. The molecule has 0 unspecified atom stereocenters. The Morgan fingerprint density at radius 2 is 2.06 bits per heavy atom. The van der Waals surface area contributed by atoms with Gasteiger partial charge >= 0.3 is 5.97 Å². The average molecular weight is 238 g/mol. The number of carboxylic acid groups (broad SMARTS) is 1. The Balaban J connectivity index is 2.66. The Morgan fingerprint density at radius 3 is 2.65 bits per heavy atom. The fourth-order valence-corrected chi connectivity index (χ4v) is 1.73. The quantitative estimate of drug-likeness (QED) is 0.434. The zero-order chi connectivity index (χ0) is 12.7. The molecule has 0 aromatic heterocycles. The number of carbonyl (C=O) groups is 1. The lowest BCUT2D eigenvalue weighted by molar-refractivity contribution is -0.138. The van der Waals surface area contributed by atoms with Gasteiger partial charge in [-0.05, 0) is 30.5 Å². The van der Waals surface area contributed by atoms with Crippen molar-refractivity contribution in [3.8, 4) is 5.75 Å². The van der Waals surface area contributed by atoms with Gasteiger partial charge in [-0.25, -0.2) is 10.1 Å². The Labute approximate surface area is 101 Å². The van der Waals surface area contributed by atoms with E-state index in [-0.39, 0.29) is 11.3 Å². The highest BCUT2D eigenvalue weighted by atomic mass is 17.1. The molecule has 1 aromatic rings. The molecule has 0 aliphatic heterocycles. The molecule has 0 spiro atoms. The summed E-state index contributed by atoms with van der Waals surface area (Å²) in [5.74, 6) is -1.10. The lowest BCUT2D eigenvalue weighted by Gasteiger charge is -2.06. The summed E-state index contributed by atoms with van der Waals surface area (Å²) in [6.45, 7) is 2.15. The monoisotopic (exact) mass is 238 g/mol. The summed E-state index contributed by atoms with van der Waals surface area (Å²) in [5, 5.41) is 17.5. The highest BCUT2D eigenvalue weighted by molar-refractivity contribution is 5.90. The maximum atomic E-state index is 10.8. The topological polar surface area (TPSA) is 66.8 Å². The van der Waals surface area contributed by atoms with Crippen molar-refractivity contribution >= 4 is 5.97 Å². The lowest BCUT2D eigenvalue weighted by Crippen LogP contribution is -2.01. The molecule has 0 aliphatic rings. The number of benzene rings is 1. The van der Waals surface area contributed by atoms with Gasteiger partial charge in [-0.15, -0.1) is 0 Å². The van der Waals surface area contributed by atoms with E-state index in [9.17, 15) is 4.79 Å². The van der Waals surface area contributed by atoms with Crippen LogP contribution < -0.4 is 4.89 Å². The summed E-state index contributed by atoms with van der Waals surface area (Å²) in [5.41, 5.74) is 0.958. The van der Waals surface area contributed by atoms with Crippen molar-refractivity contribution in [2.75, 3.05) is 0 Å². The van der Waals surface area contributed by atoms with Crippen LogP contribution in [0.2, 0.25) is 0 Å². The van der Waals surface area contributed by atoms with Crippen LogP contribution in [0.25, 0.3) is 0 Å². The van der Waals surface area contributed by atoms with Gasteiger partial charge in [-0.3, -0.25) is 0 Å². The highest BCUT2D eigenvalue weighted by Crippen LogP contribution is 2.21. The molecule has 94 valence electrons. The van der Waals surface area contributed by atoms with E-state index in [1.54, 1.807) is 12.1 Å². The van der Waals surface area contributed by atoms with Crippen LogP contribution in [-0.2, 0) is 6.42 Å². The molecular formula is C13H18O4. The third kappa shape index (κ3) is 4.07. The zero-order valence-corrected chi connectivity index (χ0v) is 9.98. The van der Waals surface area contributed by atoms with E-state index in [1.165, 1.54) is 18.9 Å². The van der Waals surface area contributed by atoms with Crippen LogP contribution in [0.3, 0.4) is 0 Å². The number of aryl methyl sites for hydroxylation is 1. The molecule has 0 bridgehead atoms. The van der Waals surface area contributed by atoms with Crippen LogP contribution in [0.4, 0.5) is 0 Å². The molecule has 0 fully saturated rings. The minimum absolute atomic E-state index is 0.00508. The van der Waals surface area contributed by atoms with Crippen LogP contribution in [0, 0.1) is 0 Å². The average Bonchev–Trinajstić information content (AvgIpc) is 2.34. The van der Waals surface area contributed by atoms with E-state index in [2.05, 4.69) is 11.8 Å². The molecule has 4 heteroatoms. The Hall–Kier alpha value is -1.55. The zero-order valence-electron chi connectivity index (χ0n) is 9.98. The third-order valence-corrected chi connectivity index (χ3v) is 2.69. The van der Waals surface area contributed by atoms with E-state index in [4.69, 9.17) is 10.4 Å². The number of rotatable bonds is 7. The van der Waals surface area contributed by atoms with E-state index < -0.39 is 5.97 Å². The van der Waals surface area contributed by atoms with Gasteiger partial charge in [0.1, 0.15) is 5.56 Å². The normalized spacial score (nSPS) is 10.2. The lowest BCUT2D eigenvalue weighted by atomic mass is 10.0. The summed E-state index contributed by atoms with van der Waals surface area (Å²) >= 11 is 0. The van der Waals surface area contributed by atoms with Crippen molar-refractivity contribution in [2.45, 2.75) is 39.0 Å². The number of hydrogen-bond acceptors (Lipinski definition) is 3. The van der Waals surface area contributed by atoms with E-state index in [0.717, 1.165) is 24.8 Å². The largest absolute Gasteiger partial charge is 0.478 e. The SMILES string of the molecule is CCCCCCc1ccc(C(=O)O)c(OO)c1. The van der Waals surface area contributed by atoms with Crippen molar-refractivity contribution in [3.63, 3.8) is 0 Å². The van der Waals surface area contributed by atoms with Gasteiger partial charge in [0.2, 0.25) is 0 Å². The first-order valence-corrected chi connectivity index (χ1v) is 5.86. The van der Waals surface area contributed by atoms with Crippen LogP contribution in [0.5, 0.6) is 5.75 Å². The minimum Gasteiger partial charge on any atom is -0.478 e. The fourth-order valence-electron chi connectivity index (χ4n) is 1.73. The van der Waals surface area contributed by atoms with E-state index >= 15 is 0 Å².